The number of aromatic amines is 1. The van der Waals surface area contributed by atoms with Crippen LogP contribution in [0.3, 0.4) is 0 Å². The van der Waals surface area contributed by atoms with Crippen LogP contribution in [0.2, 0.25) is 0 Å². The first-order chi connectivity index (χ1) is 8.24. The normalized spacial score (nSPS) is 15.8. The molecule has 5 nitrogen and oxygen atoms in total. The molecule has 1 fully saturated rings. The van der Waals surface area contributed by atoms with Gasteiger partial charge in [-0.2, -0.15) is 5.10 Å². The number of H-pyrrole nitrogens is 1. The van der Waals surface area contributed by atoms with E-state index in [0.29, 0.717) is 18.5 Å². The first-order valence-corrected chi connectivity index (χ1v) is 5.48. The second kappa shape index (κ2) is 3.69. The molecule has 2 heterocycles. The molecule has 86 valence electrons. The third-order valence-electron chi connectivity index (χ3n) is 3.00. The van der Waals surface area contributed by atoms with Gasteiger partial charge in [0.25, 0.3) is 5.91 Å². The minimum Gasteiger partial charge on any atom is -0.331 e. The second-order valence-corrected chi connectivity index (χ2v) is 4.19. The maximum Gasteiger partial charge on any atom is 0.254 e. The van der Waals surface area contributed by atoms with Gasteiger partial charge < -0.3 is 4.90 Å². The van der Waals surface area contributed by atoms with Crippen LogP contribution in [-0.4, -0.2) is 39.9 Å². The molecule has 0 spiro atoms. The van der Waals surface area contributed by atoms with Gasteiger partial charge in [0.05, 0.1) is 18.3 Å². The van der Waals surface area contributed by atoms with E-state index in [2.05, 4.69) is 10.2 Å². The van der Waals surface area contributed by atoms with Crippen LogP contribution in [0.15, 0.2) is 24.4 Å². The Hall–Kier alpha value is -2.17. The zero-order valence-corrected chi connectivity index (χ0v) is 9.14. The Kier molecular flexibility index (Phi) is 2.18. The third kappa shape index (κ3) is 1.69. The Balaban J connectivity index is 1.92. The van der Waals surface area contributed by atoms with E-state index in [1.54, 1.807) is 23.2 Å². The second-order valence-electron chi connectivity index (χ2n) is 4.19. The van der Waals surface area contributed by atoms with Crippen LogP contribution in [0.5, 0.6) is 0 Å². The van der Waals surface area contributed by atoms with Gasteiger partial charge in [-0.05, 0) is 18.2 Å². The summed E-state index contributed by atoms with van der Waals surface area (Å²) >= 11 is 0. The maximum absolute atomic E-state index is 12.1. The number of fused-ring (bicyclic) bond motifs is 1. The van der Waals surface area contributed by atoms with Crippen molar-refractivity contribution in [1.82, 2.24) is 15.1 Å². The van der Waals surface area contributed by atoms with Gasteiger partial charge in [0.1, 0.15) is 0 Å². The van der Waals surface area contributed by atoms with Gasteiger partial charge in [0, 0.05) is 23.9 Å². The Morgan fingerprint density at radius 2 is 2.29 bits per heavy atom. The summed E-state index contributed by atoms with van der Waals surface area (Å²) in [4.78, 5) is 24.8. The van der Waals surface area contributed by atoms with Gasteiger partial charge in [-0.15, -0.1) is 0 Å². The van der Waals surface area contributed by atoms with Gasteiger partial charge in [-0.25, -0.2) is 0 Å². The summed E-state index contributed by atoms with van der Waals surface area (Å²) in [5.74, 6) is 0.0432. The number of aromatic nitrogens is 2. The maximum atomic E-state index is 12.1. The topological polar surface area (TPSA) is 66.1 Å². The van der Waals surface area contributed by atoms with Crippen molar-refractivity contribution in [2.75, 3.05) is 13.1 Å². The predicted octanol–water partition coefficient (Wildman–Crippen LogP) is 0.978. The van der Waals surface area contributed by atoms with Crippen molar-refractivity contribution in [2.45, 2.75) is 6.42 Å². The molecule has 0 aliphatic carbocycles. The molecule has 0 saturated carbocycles. The highest BCUT2D eigenvalue weighted by atomic mass is 16.2. The number of hydrogen-bond acceptors (Lipinski definition) is 3. The molecule has 0 bridgehead atoms. The Morgan fingerprint density at radius 1 is 1.41 bits per heavy atom. The molecule has 1 aliphatic rings. The number of benzene rings is 1. The van der Waals surface area contributed by atoms with E-state index >= 15 is 0 Å². The molecular formula is C12H11N3O2. The average Bonchev–Trinajstić information content (AvgIpc) is 2.95. The Bertz CT molecular complexity index is 603. The van der Waals surface area contributed by atoms with Crippen molar-refractivity contribution in [3.63, 3.8) is 0 Å². The number of amides is 1. The van der Waals surface area contributed by atoms with Crippen LogP contribution in [0, 0.1) is 0 Å². The van der Waals surface area contributed by atoms with E-state index in [-0.39, 0.29) is 18.2 Å². The van der Waals surface area contributed by atoms with E-state index < -0.39 is 0 Å². The summed E-state index contributed by atoms with van der Waals surface area (Å²) < 4.78 is 0. The van der Waals surface area contributed by atoms with Crippen molar-refractivity contribution in [1.29, 1.82) is 0 Å². The van der Waals surface area contributed by atoms with E-state index in [9.17, 15) is 9.59 Å². The minimum absolute atomic E-state index is 0.0843. The molecule has 5 heteroatoms. The Morgan fingerprint density at radius 3 is 3.06 bits per heavy atom. The van der Waals surface area contributed by atoms with Gasteiger partial charge in [-0.1, -0.05) is 0 Å². The predicted molar refractivity (Wildman–Crippen MR) is 61.6 cm³/mol. The van der Waals surface area contributed by atoms with Crippen LogP contribution in [0.25, 0.3) is 10.9 Å². The number of nitrogens with one attached hydrogen (secondary N) is 1. The van der Waals surface area contributed by atoms with Crippen LogP contribution in [0.1, 0.15) is 16.8 Å². The third-order valence-corrected chi connectivity index (χ3v) is 3.00. The molecule has 0 radical (unpaired) electrons. The highest BCUT2D eigenvalue weighted by Gasteiger charge is 2.24. The minimum atomic E-state index is -0.0843. The van der Waals surface area contributed by atoms with E-state index in [1.807, 2.05) is 6.07 Å². The first kappa shape index (κ1) is 10.0. The summed E-state index contributed by atoms with van der Waals surface area (Å²) in [6.45, 7) is 0.767. The zero-order chi connectivity index (χ0) is 11.8. The largest absolute Gasteiger partial charge is 0.331 e. The number of nitrogens with zero attached hydrogens (tertiary/aromatic N) is 2. The SMILES string of the molecule is O=C1CCN(C(=O)c2ccc3[nH]ncc3c2)C1. The number of carbonyl (C=O) groups is 2. The molecule has 1 aliphatic heterocycles. The van der Waals surface area contributed by atoms with Crippen LogP contribution in [0.4, 0.5) is 0 Å². The smallest absolute Gasteiger partial charge is 0.254 e. The van der Waals surface area contributed by atoms with Gasteiger partial charge in [0.15, 0.2) is 5.78 Å². The molecule has 1 aromatic heterocycles. The lowest BCUT2D eigenvalue weighted by molar-refractivity contribution is -0.116. The molecule has 1 saturated heterocycles. The fourth-order valence-electron chi connectivity index (χ4n) is 2.06. The lowest BCUT2D eigenvalue weighted by atomic mass is 10.1. The van der Waals surface area contributed by atoms with Crippen molar-refractivity contribution >= 4 is 22.6 Å². The van der Waals surface area contributed by atoms with E-state index in [0.717, 1.165) is 10.9 Å². The lowest BCUT2D eigenvalue weighted by Gasteiger charge is -2.13. The van der Waals surface area contributed by atoms with Crippen LogP contribution < -0.4 is 0 Å². The molecule has 17 heavy (non-hydrogen) atoms. The summed E-state index contributed by atoms with van der Waals surface area (Å²) in [6.07, 6.45) is 2.15. The van der Waals surface area contributed by atoms with Gasteiger partial charge >= 0.3 is 0 Å². The zero-order valence-electron chi connectivity index (χ0n) is 9.14. The van der Waals surface area contributed by atoms with Crippen molar-refractivity contribution < 1.29 is 9.59 Å². The van der Waals surface area contributed by atoms with E-state index in [4.69, 9.17) is 0 Å². The lowest BCUT2D eigenvalue weighted by Crippen LogP contribution is -2.28. The number of ketones is 1. The van der Waals surface area contributed by atoms with Crippen molar-refractivity contribution in [2.24, 2.45) is 0 Å². The van der Waals surface area contributed by atoms with E-state index in [1.165, 1.54) is 0 Å². The molecule has 3 rings (SSSR count). The number of likely N-dealkylation sites (tertiary alicyclic amines) is 1. The summed E-state index contributed by atoms with van der Waals surface area (Å²) in [5, 5.41) is 7.64. The molecule has 2 aromatic rings. The van der Waals surface area contributed by atoms with Crippen molar-refractivity contribution in [3.8, 4) is 0 Å². The van der Waals surface area contributed by atoms with Crippen molar-refractivity contribution in [3.05, 3.63) is 30.0 Å². The molecular weight excluding hydrogens is 218 g/mol. The molecule has 0 unspecified atom stereocenters. The van der Waals surface area contributed by atoms with Crippen LogP contribution in [-0.2, 0) is 4.79 Å². The number of rotatable bonds is 1. The quantitative estimate of drug-likeness (QED) is 0.792. The summed E-state index contributed by atoms with van der Waals surface area (Å²) in [7, 11) is 0. The highest BCUT2D eigenvalue weighted by Crippen LogP contribution is 2.16. The number of carbonyl (C=O) groups excluding carboxylic acids is 2. The average molecular weight is 229 g/mol. The summed E-state index contributed by atoms with van der Waals surface area (Å²) in [5.41, 5.74) is 1.51. The fourth-order valence-corrected chi connectivity index (χ4v) is 2.06. The number of Topliss-reactive ketones (excluding diaryl/α,β-unsaturated/α-hetero) is 1. The molecule has 1 N–H and O–H groups in total. The van der Waals surface area contributed by atoms with Gasteiger partial charge in [-0.3, -0.25) is 14.7 Å². The van der Waals surface area contributed by atoms with Gasteiger partial charge in [0.2, 0.25) is 0 Å². The first-order valence-electron chi connectivity index (χ1n) is 5.48. The number of hydrogen-bond donors (Lipinski definition) is 1. The molecule has 0 atom stereocenters. The fraction of sp³-hybridized carbons (Fsp3) is 0.250. The highest BCUT2D eigenvalue weighted by molar-refractivity contribution is 6.00. The standard InChI is InChI=1S/C12H11N3O2/c16-10-3-4-15(7-10)12(17)8-1-2-11-9(5-8)6-13-14-11/h1-2,5-6H,3-4,7H2,(H,13,14). The van der Waals surface area contributed by atoms with Crippen LogP contribution >= 0.6 is 0 Å². The Labute approximate surface area is 97.4 Å². The molecule has 1 aromatic carbocycles. The summed E-state index contributed by atoms with van der Waals surface area (Å²) in [6, 6.07) is 5.38. The monoisotopic (exact) mass is 229 g/mol. The molecule has 1 amide bonds.